The standard InChI is InChI=1S/C14H11F3N2O2S/c15-14(16,17)11-7-22-12(19-11)5-18-13(20)9-6-21-10-4-2-1-3-8(9)10/h1-4,7,9H,5-6H2,(H,18,20)/t9-/m0/s1. The summed E-state index contributed by atoms with van der Waals surface area (Å²) in [5.74, 6) is -0.0665. The summed E-state index contributed by atoms with van der Waals surface area (Å²) >= 11 is 0.869. The SMILES string of the molecule is O=C(NCc1nc(C(F)(F)F)cs1)[C@H]1COc2ccccc21. The van der Waals surface area contributed by atoms with Gasteiger partial charge in [-0.15, -0.1) is 11.3 Å². The number of nitrogens with one attached hydrogen (secondary N) is 1. The molecule has 8 heteroatoms. The van der Waals surface area contributed by atoms with Gasteiger partial charge in [-0.05, 0) is 6.07 Å². The minimum absolute atomic E-state index is 0.0295. The first-order valence-corrected chi connectivity index (χ1v) is 7.34. The second-order valence-corrected chi connectivity index (χ2v) is 5.69. The van der Waals surface area contributed by atoms with Crippen molar-refractivity contribution in [2.45, 2.75) is 18.6 Å². The summed E-state index contributed by atoms with van der Waals surface area (Å²) in [7, 11) is 0. The van der Waals surface area contributed by atoms with E-state index in [1.807, 2.05) is 12.1 Å². The maximum atomic E-state index is 12.5. The van der Waals surface area contributed by atoms with Crippen LogP contribution in [0.2, 0.25) is 0 Å². The van der Waals surface area contributed by atoms with Crippen LogP contribution in [0.5, 0.6) is 5.75 Å². The highest BCUT2D eigenvalue weighted by atomic mass is 32.1. The van der Waals surface area contributed by atoms with Crippen LogP contribution in [0.25, 0.3) is 0 Å². The van der Waals surface area contributed by atoms with Gasteiger partial charge in [-0.1, -0.05) is 18.2 Å². The van der Waals surface area contributed by atoms with E-state index in [2.05, 4.69) is 10.3 Å². The molecule has 2 heterocycles. The average molecular weight is 328 g/mol. The summed E-state index contributed by atoms with van der Waals surface area (Å²) in [5, 5.41) is 3.76. The molecular formula is C14H11F3N2O2S. The first-order valence-electron chi connectivity index (χ1n) is 6.46. The number of aromatic nitrogens is 1. The molecule has 0 unspecified atom stereocenters. The lowest BCUT2D eigenvalue weighted by Gasteiger charge is -2.09. The number of fused-ring (bicyclic) bond motifs is 1. The molecule has 3 rings (SSSR count). The quantitative estimate of drug-likeness (QED) is 0.942. The third-order valence-corrected chi connectivity index (χ3v) is 4.12. The molecule has 1 aromatic carbocycles. The van der Waals surface area contributed by atoms with Gasteiger partial charge in [-0.25, -0.2) is 4.98 Å². The van der Waals surface area contributed by atoms with Crippen molar-refractivity contribution in [1.29, 1.82) is 0 Å². The van der Waals surface area contributed by atoms with E-state index >= 15 is 0 Å². The number of halogens is 3. The van der Waals surface area contributed by atoms with Crippen LogP contribution in [0.1, 0.15) is 22.2 Å². The van der Waals surface area contributed by atoms with E-state index in [1.54, 1.807) is 12.1 Å². The Morgan fingerprint density at radius 3 is 2.91 bits per heavy atom. The molecule has 0 saturated carbocycles. The highest BCUT2D eigenvalue weighted by Gasteiger charge is 2.34. The number of hydrogen-bond donors (Lipinski definition) is 1. The topological polar surface area (TPSA) is 51.2 Å². The Balaban J connectivity index is 1.63. The van der Waals surface area contributed by atoms with E-state index in [1.165, 1.54) is 0 Å². The Morgan fingerprint density at radius 2 is 2.18 bits per heavy atom. The van der Waals surface area contributed by atoms with E-state index in [4.69, 9.17) is 4.74 Å². The van der Waals surface area contributed by atoms with Gasteiger partial charge >= 0.3 is 6.18 Å². The zero-order valence-corrected chi connectivity index (χ0v) is 12.0. The van der Waals surface area contributed by atoms with Gasteiger partial charge in [0, 0.05) is 10.9 Å². The zero-order valence-electron chi connectivity index (χ0n) is 11.2. The average Bonchev–Trinajstić information content (AvgIpc) is 3.11. The van der Waals surface area contributed by atoms with Gasteiger partial charge < -0.3 is 10.1 Å². The van der Waals surface area contributed by atoms with Crippen LogP contribution < -0.4 is 10.1 Å². The smallest absolute Gasteiger partial charge is 0.434 e. The number of ether oxygens (including phenoxy) is 1. The van der Waals surface area contributed by atoms with Crippen molar-refractivity contribution in [2.24, 2.45) is 0 Å². The Bertz CT molecular complexity index is 699. The fourth-order valence-corrected chi connectivity index (χ4v) is 2.93. The predicted molar refractivity (Wildman–Crippen MR) is 73.6 cm³/mol. The molecule has 0 bridgehead atoms. The number of carbonyl (C=O) groups is 1. The van der Waals surface area contributed by atoms with Crippen LogP contribution >= 0.6 is 11.3 Å². The number of hydrogen-bond acceptors (Lipinski definition) is 4. The summed E-state index contributed by atoms with van der Waals surface area (Å²) in [4.78, 5) is 15.6. The minimum Gasteiger partial charge on any atom is -0.492 e. The second kappa shape index (κ2) is 5.60. The van der Waals surface area contributed by atoms with Gasteiger partial charge in [-0.2, -0.15) is 13.2 Å². The lowest BCUT2D eigenvalue weighted by Crippen LogP contribution is -2.29. The maximum absolute atomic E-state index is 12.5. The van der Waals surface area contributed by atoms with Gasteiger partial charge in [-0.3, -0.25) is 4.79 Å². The van der Waals surface area contributed by atoms with Crippen molar-refractivity contribution in [3.05, 3.63) is 45.9 Å². The van der Waals surface area contributed by atoms with Crippen LogP contribution in [0.4, 0.5) is 13.2 Å². The number of benzene rings is 1. The second-order valence-electron chi connectivity index (χ2n) is 4.74. The molecule has 0 radical (unpaired) electrons. The van der Waals surface area contributed by atoms with Gasteiger partial charge in [0.25, 0.3) is 0 Å². The minimum atomic E-state index is -4.46. The molecule has 0 saturated heterocycles. The number of thiazole rings is 1. The highest BCUT2D eigenvalue weighted by molar-refractivity contribution is 7.09. The molecule has 1 atom stereocenters. The normalized spacial score (nSPS) is 17.0. The molecule has 2 aromatic rings. The molecule has 22 heavy (non-hydrogen) atoms. The molecule has 116 valence electrons. The summed E-state index contributed by atoms with van der Waals surface area (Å²) < 4.78 is 42.8. The van der Waals surface area contributed by atoms with Gasteiger partial charge in [0.2, 0.25) is 5.91 Å². The monoisotopic (exact) mass is 328 g/mol. The fourth-order valence-electron chi connectivity index (χ4n) is 2.19. The van der Waals surface area contributed by atoms with Crippen LogP contribution in [0.3, 0.4) is 0 Å². The Kier molecular flexibility index (Phi) is 3.78. The van der Waals surface area contributed by atoms with Crippen LogP contribution in [-0.4, -0.2) is 17.5 Å². The Labute approximate surface area is 127 Å². The molecule has 4 nitrogen and oxygen atoms in total. The lowest BCUT2D eigenvalue weighted by atomic mass is 10.0. The number of carbonyl (C=O) groups excluding carboxylic acids is 1. The third kappa shape index (κ3) is 2.92. The molecule has 1 aliphatic heterocycles. The third-order valence-electron chi connectivity index (χ3n) is 3.27. The predicted octanol–water partition coefficient (Wildman–Crippen LogP) is 2.95. The van der Waals surface area contributed by atoms with Crippen molar-refractivity contribution >= 4 is 17.2 Å². The fraction of sp³-hybridized carbons (Fsp3) is 0.286. The molecular weight excluding hydrogens is 317 g/mol. The summed E-state index contributed by atoms with van der Waals surface area (Å²) in [6, 6.07) is 7.20. The molecule has 1 aromatic heterocycles. The first kappa shape index (κ1) is 14.8. The first-order chi connectivity index (χ1) is 10.4. The van der Waals surface area contributed by atoms with E-state index in [-0.39, 0.29) is 24.1 Å². The van der Waals surface area contributed by atoms with E-state index in [0.29, 0.717) is 5.75 Å². The van der Waals surface area contributed by atoms with Crippen LogP contribution in [-0.2, 0) is 17.5 Å². The largest absolute Gasteiger partial charge is 0.492 e. The summed E-state index contributed by atoms with van der Waals surface area (Å²) in [6.07, 6.45) is -4.46. The van der Waals surface area contributed by atoms with E-state index in [0.717, 1.165) is 22.3 Å². The number of nitrogens with zero attached hydrogens (tertiary/aromatic N) is 1. The molecule has 0 aliphatic carbocycles. The molecule has 0 fully saturated rings. The van der Waals surface area contributed by atoms with Crippen molar-refractivity contribution in [2.75, 3.05) is 6.61 Å². The van der Waals surface area contributed by atoms with Crippen LogP contribution in [0, 0.1) is 0 Å². The number of alkyl halides is 3. The number of amides is 1. The zero-order chi connectivity index (χ0) is 15.7. The van der Waals surface area contributed by atoms with Crippen LogP contribution in [0.15, 0.2) is 29.6 Å². The molecule has 1 aliphatic rings. The molecule has 1 amide bonds. The number of rotatable bonds is 3. The van der Waals surface area contributed by atoms with E-state index < -0.39 is 17.8 Å². The Morgan fingerprint density at radius 1 is 1.41 bits per heavy atom. The van der Waals surface area contributed by atoms with Gasteiger partial charge in [0.1, 0.15) is 23.3 Å². The van der Waals surface area contributed by atoms with Gasteiger partial charge in [0.05, 0.1) is 6.54 Å². The van der Waals surface area contributed by atoms with Gasteiger partial charge in [0.15, 0.2) is 5.69 Å². The van der Waals surface area contributed by atoms with Crippen molar-refractivity contribution < 1.29 is 22.7 Å². The van der Waals surface area contributed by atoms with Crippen molar-refractivity contribution in [3.8, 4) is 5.75 Å². The Hall–Kier alpha value is -2.09. The lowest BCUT2D eigenvalue weighted by molar-refractivity contribution is -0.140. The summed E-state index contributed by atoms with van der Waals surface area (Å²) in [6.45, 7) is 0.203. The summed E-state index contributed by atoms with van der Waals surface area (Å²) in [5.41, 5.74) is -0.147. The highest BCUT2D eigenvalue weighted by Crippen LogP contribution is 2.33. The number of para-hydroxylation sites is 1. The maximum Gasteiger partial charge on any atom is 0.434 e. The van der Waals surface area contributed by atoms with Crippen molar-refractivity contribution in [3.63, 3.8) is 0 Å². The van der Waals surface area contributed by atoms with Crippen molar-refractivity contribution in [1.82, 2.24) is 10.3 Å². The molecule has 0 spiro atoms. The molecule has 1 N–H and O–H groups in total. The van der Waals surface area contributed by atoms with E-state index in [9.17, 15) is 18.0 Å².